The van der Waals surface area contributed by atoms with Crippen molar-refractivity contribution in [2.75, 3.05) is 0 Å². The molecule has 0 saturated heterocycles. The van der Waals surface area contributed by atoms with Crippen LogP contribution in [-0.4, -0.2) is 21.7 Å². The van der Waals surface area contributed by atoms with Crippen LogP contribution >= 0.6 is 11.6 Å². The Hall–Kier alpha value is -1.04. The van der Waals surface area contributed by atoms with Crippen LogP contribution < -0.4 is 0 Å². The van der Waals surface area contributed by atoms with Gasteiger partial charge >= 0.3 is 6.18 Å². The molecule has 7 heteroatoms. The summed E-state index contributed by atoms with van der Waals surface area (Å²) in [4.78, 5) is 11.3. The van der Waals surface area contributed by atoms with Gasteiger partial charge < -0.3 is 0 Å². The Labute approximate surface area is 108 Å². The summed E-state index contributed by atoms with van der Waals surface area (Å²) in [5, 5.41) is 4.45. The minimum Gasteiger partial charge on any atom is -0.299 e. The van der Waals surface area contributed by atoms with Crippen LogP contribution in [0.4, 0.5) is 13.2 Å². The fourth-order valence-corrected chi connectivity index (χ4v) is 1.99. The molecule has 0 spiro atoms. The fraction of sp³-hybridized carbons (Fsp3) is 0.636. The van der Waals surface area contributed by atoms with E-state index < -0.39 is 18.4 Å². The third-order valence-corrected chi connectivity index (χ3v) is 2.89. The maximum absolute atomic E-state index is 12.1. The number of carbonyl (C=O) groups is 1. The first-order chi connectivity index (χ1) is 8.28. The molecule has 102 valence electrons. The average molecular weight is 283 g/mol. The first-order valence-corrected chi connectivity index (χ1v) is 5.98. The topological polar surface area (TPSA) is 34.9 Å². The highest BCUT2D eigenvalue weighted by molar-refractivity contribution is 6.32. The number of halogens is 4. The summed E-state index contributed by atoms with van der Waals surface area (Å²) in [5.74, 6) is -0.901. The van der Waals surface area contributed by atoms with Crippen molar-refractivity contribution in [3.63, 3.8) is 0 Å². The lowest BCUT2D eigenvalue weighted by Crippen LogP contribution is -2.18. The quantitative estimate of drug-likeness (QED) is 0.831. The number of hydrogen-bond donors (Lipinski definition) is 0. The molecule has 0 saturated carbocycles. The summed E-state index contributed by atoms with van der Waals surface area (Å²) in [5.41, 5.74) is 0.971. The van der Waals surface area contributed by atoms with Crippen molar-refractivity contribution in [3.8, 4) is 0 Å². The van der Waals surface area contributed by atoms with Gasteiger partial charge in [-0.3, -0.25) is 9.48 Å². The van der Waals surface area contributed by atoms with Crippen LogP contribution in [0, 0.1) is 0 Å². The molecule has 0 aromatic carbocycles. The molecule has 0 unspecified atom stereocenters. The third kappa shape index (κ3) is 3.73. The number of carbonyl (C=O) groups excluding carboxylic acids is 1. The summed E-state index contributed by atoms with van der Waals surface area (Å²) < 4.78 is 37.7. The molecule has 0 radical (unpaired) electrons. The maximum Gasteiger partial charge on any atom is 0.395 e. The third-order valence-electron chi connectivity index (χ3n) is 2.46. The molecule has 1 heterocycles. The van der Waals surface area contributed by atoms with E-state index in [0.29, 0.717) is 29.4 Å². The summed E-state index contributed by atoms with van der Waals surface area (Å²) in [6.45, 7) is 4.10. The second-order valence-corrected chi connectivity index (χ2v) is 4.26. The Morgan fingerprint density at radius 3 is 2.44 bits per heavy atom. The van der Waals surface area contributed by atoms with Crippen LogP contribution in [0.2, 0.25) is 5.02 Å². The van der Waals surface area contributed by atoms with E-state index in [4.69, 9.17) is 11.6 Å². The number of nitrogens with zero attached hydrogens (tertiary/aromatic N) is 2. The SMILES string of the molecule is CCc1nn(CC)c(CC(=O)CC(F)(F)F)c1Cl. The van der Waals surface area contributed by atoms with Crippen LogP contribution in [0.5, 0.6) is 0 Å². The van der Waals surface area contributed by atoms with E-state index in [1.54, 1.807) is 6.92 Å². The Bertz CT molecular complexity index is 440. The zero-order valence-electron chi connectivity index (χ0n) is 10.1. The normalized spacial score (nSPS) is 11.9. The number of alkyl halides is 3. The van der Waals surface area contributed by atoms with E-state index in [-0.39, 0.29) is 6.42 Å². The monoisotopic (exact) mass is 282 g/mol. The lowest BCUT2D eigenvalue weighted by molar-refractivity contribution is -0.151. The Balaban J connectivity index is 2.90. The summed E-state index contributed by atoms with van der Waals surface area (Å²) >= 11 is 6.01. The average Bonchev–Trinajstić information content (AvgIpc) is 2.53. The number of rotatable bonds is 5. The summed E-state index contributed by atoms with van der Waals surface area (Å²) in [7, 11) is 0. The fourth-order valence-electron chi connectivity index (χ4n) is 1.66. The first-order valence-electron chi connectivity index (χ1n) is 5.61. The standard InChI is InChI=1S/C11H14ClF3N2O/c1-3-8-10(12)9(17(4-2)16-8)5-7(18)6-11(13,14)15/h3-6H2,1-2H3. The van der Waals surface area contributed by atoms with Gasteiger partial charge in [0.05, 0.1) is 22.8 Å². The lowest BCUT2D eigenvalue weighted by atomic mass is 10.1. The van der Waals surface area contributed by atoms with Gasteiger partial charge in [0.1, 0.15) is 12.2 Å². The van der Waals surface area contributed by atoms with Crippen LogP contribution in [0.15, 0.2) is 0 Å². The molecule has 0 fully saturated rings. The van der Waals surface area contributed by atoms with Gasteiger partial charge in [-0.2, -0.15) is 18.3 Å². The minimum atomic E-state index is -4.48. The van der Waals surface area contributed by atoms with Crippen molar-refractivity contribution in [1.82, 2.24) is 9.78 Å². The van der Waals surface area contributed by atoms with Gasteiger partial charge in [-0.05, 0) is 13.3 Å². The van der Waals surface area contributed by atoms with Crippen molar-refractivity contribution in [1.29, 1.82) is 0 Å². The molecule has 0 aliphatic carbocycles. The molecule has 0 aliphatic rings. The molecule has 18 heavy (non-hydrogen) atoms. The van der Waals surface area contributed by atoms with E-state index in [9.17, 15) is 18.0 Å². The number of Topliss-reactive ketones (excluding diaryl/α,β-unsaturated/α-hetero) is 1. The molecule has 1 aromatic rings. The van der Waals surface area contributed by atoms with E-state index in [0.717, 1.165) is 0 Å². The second kappa shape index (κ2) is 5.73. The van der Waals surface area contributed by atoms with Crippen molar-refractivity contribution >= 4 is 17.4 Å². The molecular weight excluding hydrogens is 269 g/mol. The van der Waals surface area contributed by atoms with Crippen LogP contribution in [0.3, 0.4) is 0 Å². The Morgan fingerprint density at radius 1 is 1.39 bits per heavy atom. The highest BCUT2D eigenvalue weighted by Crippen LogP contribution is 2.25. The molecule has 1 rings (SSSR count). The molecule has 0 amide bonds. The van der Waals surface area contributed by atoms with Crippen molar-refractivity contribution in [2.45, 2.75) is 45.8 Å². The van der Waals surface area contributed by atoms with Gasteiger partial charge in [-0.1, -0.05) is 18.5 Å². The largest absolute Gasteiger partial charge is 0.395 e. The minimum absolute atomic E-state index is 0.301. The van der Waals surface area contributed by atoms with Crippen LogP contribution in [0.25, 0.3) is 0 Å². The number of aromatic nitrogens is 2. The van der Waals surface area contributed by atoms with E-state index in [1.807, 2.05) is 6.92 Å². The number of ketones is 1. The van der Waals surface area contributed by atoms with Gasteiger partial charge in [0.25, 0.3) is 0 Å². The zero-order chi connectivity index (χ0) is 13.9. The van der Waals surface area contributed by atoms with Crippen molar-refractivity contribution in [2.24, 2.45) is 0 Å². The van der Waals surface area contributed by atoms with Crippen molar-refractivity contribution in [3.05, 3.63) is 16.4 Å². The number of aryl methyl sites for hydroxylation is 2. The predicted octanol–water partition coefficient (Wildman–Crippen LogP) is 3.18. The van der Waals surface area contributed by atoms with Gasteiger partial charge in [0, 0.05) is 6.54 Å². The Kier molecular flexibility index (Phi) is 4.78. The van der Waals surface area contributed by atoms with Gasteiger partial charge in [0.15, 0.2) is 0 Å². The van der Waals surface area contributed by atoms with E-state index in [2.05, 4.69) is 5.10 Å². The molecule has 0 bridgehead atoms. The zero-order valence-corrected chi connectivity index (χ0v) is 10.9. The van der Waals surface area contributed by atoms with Crippen LogP contribution in [-0.2, 0) is 24.2 Å². The van der Waals surface area contributed by atoms with Crippen LogP contribution in [0.1, 0.15) is 31.7 Å². The highest BCUT2D eigenvalue weighted by atomic mass is 35.5. The van der Waals surface area contributed by atoms with Crippen molar-refractivity contribution < 1.29 is 18.0 Å². The molecule has 1 aromatic heterocycles. The highest BCUT2D eigenvalue weighted by Gasteiger charge is 2.31. The Morgan fingerprint density at radius 2 is 2.00 bits per heavy atom. The molecule has 3 nitrogen and oxygen atoms in total. The molecule has 0 atom stereocenters. The predicted molar refractivity (Wildman–Crippen MR) is 61.7 cm³/mol. The molecular formula is C11H14ClF3N2O. The summed E-state index contributed by atoms with van der Waals surface area (Å²) in [6.07, 6.45) is -5.67. The smallest absolute Gasteiger partial charge is 0.299 e. The molecule has 0 N–H and O–H groups in total. The molecule has 0 aliphatic heterocycles. The van der Waals surface area contributed by atoms with Gasteiger partial charge in [0.2, 0.25) is 0 Å². The van der Waals surface area contributed by atoms with Gasteiger partial charge in [-0.15, -0.1) is 0 Å². The van der Waals surface area contributed by atoms with E-state index >= 15 is 0 Å². The van der Waals surface area contributed by atoms with Gasteiger partial charge in [-0.25, -0.2) is 0 Å². The lowest BCUT2D eigenvalue weighted by Gasteiger charge is -2.07. The first kappa shape index (κ1) is 15.0. The second-order valence-electron chi connectivity index (χ2n) is 3.88. The maximum atomic E-state index is 12.1. The summed E-state index contributed by atoms with van der Waals surface area (Å²) in [6, 6.07) is 0. The number of hydrogen-bond acceptors (Lipinski definition) is 2. The van der Waals surface area contributed by atoms with E-state index in [1.165, 1.54) is 4.68 Å².